The van der Waals surface area contributed by atoms with Gasteiger partial charge in [-0.1, -0.05) is 48.5 Å². The van der Waals surface area contributed by atoms with Crippen molar-refractivity contribution in [2.75, 3.05) is 6.61 Å². The van der Waals surface area contributed by atoms with Gasteiger partial charge < -0.3 is 4.74 Å². The molecule has 0 saturated heterocycles. The standard InChI is InChI=1S/C21H16FNO/c1-2-24-21-12-11-15(17-7-3-4-9-19(17)21)13-16(14-23)18-8-5-6-10-20(18)22/h3-13H,2H2,1H3/b16-13-. The van der Waals surface area contributed by atoms with Crippen LogP contribution in [0.2, 0.25) is 0 Å². The van der Waals surface area contributed by atoms with Crippen LogP contribution in [0.15, 0.2) is 60.7 Å². The predicted molar refractivity (Wildman–Crippen MR) is 95.0 cm³/mol. The molecule has 0 aliphatic carbocycles. The monoisotopic (exact) mass is 317 g/mol. The lowest BCUT2D eigenvalue weighted by Crippen LogP contribution is -1.93. The van der Waals surface area contributed by atoms with Crippen molar-refractivity contribution in [3.05, 3.63) is 77.6 Å². The fourth-order valence-electron chi connectivity index (χ4n) is 2.71. The molecule has 0 heterocycles. The number of benzene rings is 3. The van der Waals surface area contributed by atoms with Gasteiger partial charge in [0.05, 0.1) is 18.2 Å². The van der Waals surface area contributed by atoms with Gasteiger partial charge in [0.25, 0.3) is 0 Å². The van der Waals surface area contributed by atoms with E-state index in [1.807, 2.05) is 43.3 Å². The number of rotatable bonds is 4. The minimum absolute atomic E-state index is 0.294. The molecule has 0 saturated carbocycles. The second-order valence-electron chi connectivity index (χ2n) is 5.28. The smallest absolute Gasteiger partial charge is 0.131 e. The molecule has 3 rings (SSSR count). The Labute approximate surface area is 140 Å². The lowest BCUT2D eigenvalue weighted by atomic mass is 9.99. The normalized spacial score (nSPS) is 11.3. The van der Waals surface area contributed by atoms with Gasteiger partial charge in [0.15, 0.2) is 0 Å². The van der Waals surface area contributed by atoms with Crippen LogP contribution < -0.4 is 4.74 Å². The summed E-state index contributed by atoms with van der Waals surface area (Å²) < 4.78 is 19.7. The SMILES string of the molecule is CCOc1ccc(/C=C(/C#N)c2ccccc2F)c2ccccc12. The first-order valence-electron chi connectivity index (χ1n) is 7.76. The number of nitrogens with zero attached hydrogens (tertiary/aromatic N) is 1. The Morgan fingerprint density at radius 2 is 1.75 bits per heavy atom. The van der Waals surface area contributed by atoms with E-state index in [9.17, 15) is 9.65 Å². The maximum Gasteiger partial charge on any atom is 0.131 e. The molecule has 0 aliphatic heterocycles. The van der Waals surface area contributed by atoms with Crippen molar-refractivity contribution >= 4 is 22.4 Å². The third-order valence-electron chi connectivity index (χ3n) is 3.80. The van der Waals surface area contributed by atoms with E-state index in [0.717, 1.165) is 22.1 Å². The molecule has 3 heteroatoms. The van der Waals surface area contributed by atoms with Crippen molar-refractivity contribution in [2.24, 2.45) is 0 Å². The summed E-state index contributed by atoms with van der Waals surface area (Å²) in [6.45, 7) is 2.52. The highest BCUT2D eigenvalue weighted by atomic mass is 19.1. The van der Waals surface area contributed by atoms with Crippen molar-refractivity contribution in [3.63, 3.8) is 0 Å². The molecule has 2 nitrogen and oxygen atoms in total. The van der Waals surface area contributed by atoms with Crippen LogP contribution in [0.3, 0.4) is 0 Å². The minimum atomic E-state index is -0.402. The number of hydrogen-bond acceptors (Lipinski definition) is 2. The highest BCUT2D eigenvalue weighted by Gasteiger charge is 2.09. The Hall–Kier alpha value is -3.12. The Kier molecular flexibility index (Phi) is 4.58. The van der Waals surface area contributed by atoms with E-state index in [2.05, 4.69) is 6.07 Å². The number of allylic oxidation sites excluding steroid dienone is 1. The van der Waals surface area contributed by atoms with Crippen LogP contribution in [-0.4, -0.2) is 6.61 Å². The zero-order valence-electron chi connectivity index (χ0n) is 13.3. The van der Waals surface area contributed by atoms with Gasteiger partial charge in [0.2, 0.25) is 0 Å². The summed E-state index contributed by atoms with van der Waals surface area (Å²) in [6, 6.07) is 20.0. The molecule has 0 bridgehead atoms. The second kappa shape index (κ2) is 6.97. The maximum absolute atomic E-state index is 14.0. The molecule has 0 fully saturated rings. The highest BCUT2D eigenvalue weighted by molar-refractivity contribution is 6.00. The third-order valence-corrected chi connectivity index (χ3v) is 3.80. The topological polar surface area (TPSA) is 33.0 Å². The van der Waals surface area contributed by atoms with E-state index in [4.69, 9.17) is 4.74 Å². The summed E-state index contributed by atoms with van der Waals surface area (Å²) in [5.41, 5.74) is 1.45. The Morgan fingerprint density at radius 1 is 1.04 bits per heavy atom. The van der Waals surface area contributed by atoms with Gasteiger partial charge in [0, 0.05) is 10.9 Å². The second-order valence-corrected chi connectivity index (χ2v) is 5.28. The first-order chi connectivity index (χ1) is 11.7. The summed E-state index contributed by atoms with van der Waals surface area (Å²) in [6.07, 6.45) is 1.72. The largest absolute Gasteiger partial charge is 0.493 e. The van der Waals surface area contributed by atoms with Crippen LogP contribution in [0.1, 0.15) is 18.1 Å². The maximum atomic E-state index is 14.0. The Bertz CT molecular complexity index is 953. The summed E-state index contributed by atoms with van der Waals surface area (Å²) in [5.74, 6) is 0.398. The van der Waals surface area contributed by atoms with E-state index >= 15 is 0 Å². The van der Waals surface area contributed by atoms with Crippen LogP contribution in [0.25, 0.3) is 22.4 Å². The quantitative estimate of drug-likeness (QED) is 0.474. The van der Waals surface area contributed by atoms with Gasteiger partial charge in [-0.2, -0.15) is 5.26 Å². The molecule has 3 aromatic carbocycles. The molecule has 0 radical (unpaired) electrons. The first-order valence-corrected chi connectivity index (χ1v) is 7.76. The number of halogens is 1. The van der Waals surface area contributed by atoms with Gasteiger partial charge in [-0.3, -0.25) is 0 Å². The lowest BCUT2D eigenvalue weighted by Gasteiger charge is -2.10. The lowest BCUT2D eigenvalue weighted by molar-refractivity contribution is 0.344. The van der Waals surface area contributed by atoms with E-state index in [1.165, 1.54) is 6.07 Å². The summed E-state index contributed by atoms with van der Waals surface area (Å²) in [5, 5.41) is 11.4. The molecule has 0 spiro atoms. The molecular weight excluding hydrogens is 301 g/mol. The molecule has 0 amide bonds. The fraction of sp³-hybridized carbons (Fsp3) is 0.0952. The summed E-state index contributed by atoms with van der Waals surface area (Å²) in [4.78, 5) is 0. The highest BCUT2D eigenvalue weighted by Crippen LogP contribution is 2.31. The van der Waals surface area contributed by atoms with Crippen molar-refractivity contribution in [2.45, 2.75) is 6.92 Å². The average Bonchev–Trinajstić information content (AvgIpc) is 2.62. The van der Waals surface area contributed by atoms with E-state index < -0.39 is 5.82 Å². The number of fused-ring (bicyclic) bond motifs is 1. The van der Waals surface area contributed by atoms with Crippen molar-refractivity contribution in [3.8, 4) is 11.8 Å². The van der Waals surface area contributed by atoms with Crippen LogP contribution in [0, 0.1) is 17.1 Å². The minimum Gasteiger partial charge on any atom is -0.493 e. The zero-order chi connectivity index (χ0) is 16.9. The zero-order valence-corrected chi connectivity index (χ0v) is 13.3. The summed E-state index contributed by atoms with van der Waals surface area (Å²) >= 11 is 0. The van der Waals surface area contributed by atoms with Crippen molar-refractivity contribution < 1.29 is 9.13 Å². The average molecular weight is 317 g/mol. The van der Waals surface area contributed by atoms with E-state index in [1.54, 1.807) is 24.3 Å². The predicted octanol–water partition coefficient (Wildman–Crippen LogP) is 5.44. The third kappa shape index (κ3) is 3.00. The Morgan fingerprint density at radius 3 is 2.46 bits per heavy atom. The van der Waals surface area contributed by atoms with Crippen LogP contribution in [-0.2, 0) is 0 Å². The molecule has 0 N–H and O–H groups in total. The molecular formula is C21H16FNO. The van der Waals surface area contributed by atoms with Crippen LogP contribution in [0.4, 0.5) is 4.39 Å². The number of ether oxygens (including phenoxy) is 1. The Balaban J connectivity index is 2.18. The van der Waals surface area contributed by atoms with Crippen molar-refractivity contribution in [1.29, 1.82) is 5.26 Å². The van der Waals surface area contributed by atoms with Gasteiger partial charge in [0.1, 0.15) is 11.6 Å². The molecule has 3 aromatic rings. The molecule has 0 aromatic heterocycles. The summed E-state index contributed by atoms with van der Waals surface area (Å²) in [7, 11) is 0. The van der Waals surface area contributed by atoms with Gasteiger partial charge in [-0.05, 0) is 36.1 Å². The molecule has 118 valence electrons. The van der Waals surface area contributed by atoms with Gasteiger partial charge in [-0.15, -0.1) is 0 Å². The number of hydrogen-bond donors (Lipinski definition) is 0. The van der Waals surface area contributed by atoms with Crippen LogP contribution in [0.5, 0.6) is 5.75 Å². The molecule has 24 heavy (non-hydrogen) atoms. The van der Waals surface area contributed by atoms with Crippen molar-refractivity contribution in [1.82, 2.24) is 0 Å². The number of nitriles is 1. The molecule has 0 unspecified atom stereocenters. The first kappa shape index (κ1) is 15.8. The van der Waals surface area contributed by atoms with E-state index in [-0.39, 0.29) is 0 Å². The van der Waals surface area contributed by atoms with Gasteiger partial charge >= 0.3 is 0 Å². The van der Waals surface area contributed by atoms with Gasteiger partial charge in [-0.25, -0.2) is 4.39 Å². The molecule has 0 atom stereocenters. The van der Waals surface area contributed by atoms with E-state index in [0.29, 0.717) is 17.7 Å². The molecule has 0 aliphatic rings. The fourth-order valence-corrected chi connectivity index (χ4v) is 2.71. The van der Waals surface area contributed by atoms with Crippen LogP contribution >= 0.6 is 0 Å².